The van der Waals surface area contributed by atoms with E-state index in [0.29, 0.717) is 18.7 Å². The van der Waals surface area contributed by atoms with Crippen LogP contribution in [0.1, 0.15) is 31.6 Å². The van der Waals surface area contributed by atoms with Gasteiger partial charge in [0.25, 0.3) is 0 Å². The molecule has 1 fully saturated rings. The summed E-state index contributed by atoms with van der Waals surface area (Å²) in [7, 11) is 3.76. The van der Waals surface area contributed by atoms with Crippen LogP contribution in [-0.4, -0.2) is 63.9 Å². The summed E-state index contributed by atoms with van der Waals surface area (Å²) >= 11 is 5.61. The van der Waals surface area contributed by atoms with E-state index in [4.69, 9.17) is 32.2 Å². The van der Waals surface area contributed by atoms with Gasteiger partial charge in [-0.15, -0.1) is 6.42 Å². The second-order valence-electron chi connectivity index (χ2n) is 6.83. The van der Waals surface area contributed by atoms with Crippen LogP contribution in [0, 0.1) is 12.3 Å². The lowest BCUT2D eigenvalue weighted by Crippen LogP contribution is -2.34. The van der Waals surface area contributed by atoms with Crippen molar-refractivity contribution in [2.45, 2.75) is 37.0 Å². The zero-order valence-corrected chi connectivity index (χ0v) is 17.2. The van der Waals surface area contributed by atoms with Crippen LogP contribution in [0.5, 0.6) is 0 Å². The molecule has 1 saturated heterocycles. The molecule has 0 aliphatic carbocycles. The minimum absolute atomic E-state index is 0.126. The van der Waals surface area contributed by atoms with E-state index in [9.17, 15) is 4.79 Å². The third-order valence-corrected chi connectivity index (χ3v) is 4.41. The topological polar surface area (TPSA) is 90.6 Å². The van der Waals surface area contributed by atoms with Gasteiger partial charge in [0.1, 0.15) is 24.6 Å². The van der Waals surface area contributed by atoms with Crippen LogP contribution in [0.25, 0.3) is 5.52 Å². The molecule has 3 unspecified atom stereocenters. The van der Waals surface area contributed by atoms with Crippen molar-refractivity contribution >= 4 is 35.4 Å². The molecule has 2 aromatic rings. The van der Waals surface area contributed by atoms with Crippen molar-refractivity contribution in [1.82, 2.24) is 19.5 Å². The van der Waals surface area contributed by atoms with E-state index in [2.05, 4.69) is 21.0 Å². The van der Waals surface area contributed by atoms with Crippen molar-refractivity contribution in [3.05, 3.63) is 24.2 Å². The number of carbonyl (C=O) groups is 1. The number of nitrogens with zero attached hydrogens (tertiary/aromatic N) is 5. The SMILES string of the molecule is C#CC1(COC(=O)OC(C)Cl)CCC(c2ccc3c(N=CN(C)C)ncnn23)O1. The second kappa shape index (κ2) is 8.68. The largest absolute Gasteiger partial charge is 0.509 e. The molecule has 9 nitrogen and oxygen atoms in total. The summed E-state index contributed by atoms with van der Waals surface area (Å²) in [4.78, 5) is 22.0. The summed E-state index contributed by atoms with van der Waals surface area (Å²) < 4.78 is 17.7. The number of terminal acetylenes is 1. The molecule has 3 rings (SSSR count). The maximum absolute atomic E-state index is 11.6. The molecule has 2 aromatic heterocycles. The average Bonchev–Trinajstić information content (AvgIpc) is 3.29. The molecule has 10 heteroatoms. The predicted molar refractivity (Wildman–Crippen MR) is 107 cm³/mol. The molecule has 0 spiro atoms. The highest BCUT2D eigenvalue weighted by Crippen LogP contribution is 2.40. The minimum atomic E-state index is -1.04. The molecule has 0 bridgehead atoms. The van der Waals surface area contributed by atoms with E-state index in [-0.39, 0.29) is 12.7 Å². The first-order chi connectivity index (χ1) is 13.8. The number of rotatable bonds is 6. The van der Waals surface area contributed by atoms with Gasteiger partial charge in [-0.3, -0.25) is 0 Å². The van der Waals surface area contributed by atoms with Crippen LogP contribution in [0.3, 0.4) is 0 Å². The van der Waals surface area contributed by atoms with Gasteiger partial charge in [0.05, 0.1) is 12.0 Å². The third-order valence-electron chi connectivity index (χ3n) is 4.32. The van der Waals surface area contributed by atoms with Crippen LogP contribution in [0.4, 0.5) is 10.6 Å². The fraction of sp³-hybridized carbons (Fsp3) is 0.474. The molecule has 0 saturated carbocycles. The van der Waals surface area contributed by atoms with E-state index in [1.807, 2.05) is 31.1 Å². The Labute approximate surface area is 173 Å². The van der Waals surface area contributed by atoms with Crippen molar-refractivity contribution in [3.8, 4) is 12.3 Å². The van der Waals surface area contributed by atoms with Crippen molar-refractivity contribution in [3.63, 3.8) is 0 Å². The maximum Gasteiger partial charge on any atom is 0.509 e. The fourth-order valence-corrected chi connectivity index (χ4v) is 3.09. The van der Waals surface area contributed by atoms with E-state index in [1.165, 1.54) is 13.3 Å². The smallest absolute Gasteiger partial charge is 0.430 e. The van der Waals surface area contributed by atoms with Crippen molar-refractivity contribution in [2.75, 3.05) is 20.7 Å². The molecular weight excluding hydrogens is 398 g/mol. The van der Waals surface area contributed by atoms with Crippen LogP contribution < -0.4 is 0 Å². The number of aromatic nitrogens is 3. The number of alkyl halides is 1. The number of halogens is 1. The summed E-state index contributed by atoms with van der Waals surface area (Å²) in [5.74, 6) is 3.16. The maximum atomic E-state index is 11.6. The summed E-state index contributed by atoms with van der Waals surface area (Å²) in [5, 5.41) is 4.32. The summed E-state index contributed by atoms with van der Waals surface area (Å²) in [6.07, 6.45) is 8.74. The first-order valence-electron chi connectivity index (χ1n) is 9.00. The number of hydrogen-bond donors (Lipinski definition) is 0. The molecule has 3 atom stereocenters. The van der Waals surface area contributed by atoms with E-state index >= 15 is 0 Å². The van der Waals surface area contributed by atoms with Gasteiger partial charge in [0.2, 0.25) is 0 Å². The summed E-state index contributed by atoms with van der Waals surface area (Å²) in [6, 6.07) is 3.78. The van der Waals surface area contributed by atoms with Gasteiger partial charge in [0, 0.05) is 14.1 Å². The van der Waals surface area contributed by atoms with Gasteiger partial charge in [-0.1, -0.05) is 17.5 Å². The zero-order chi connectivity index (χ0) is 21.0. The second-order valence-corrected chi connectivity index (χ2v) is 7.45. The van der Waals surface area contributed by atoms with Crippen LogP contribution in [0.15, 0.2) is 23.5 Å². The number of hydrogen-bond acceptors (Lipinski definition) is 7. The Morgan fingerprint density at radius 2 is 2.41 bits per heavy atom. The molecule has 1 aliphatic rings. The molecule has 3 heterocycles. The van der Waals surface area contributed by atoms with E-state index in [0.717, 1.165) is 11.2 Å². The Bertz CT molecular complexity index is 952. The third kappa shape index (κ3) is 4.78. The lowest BCUT2D eigenvalue weighted by atomic mass is 10.0. The minimum Gasteiger partial charge on any atom is -0.430 e. The van der Waals surface area contributed by atoms with Crippen LogP contribution >= 0.6 is 11.6 Å². The Morgan fingerprint density at radius 3 is 3.10 bits per heavy atom. The van der Waals surface area contributed by atoms with Gasteiger partial charge in [-0.2, -0.15) is 5.10 Å². The van der Waals surface area contributed by atoms with Gasteiger partial charge >= 0.3 is 6.16 Å². The molecule has 29 heavy (non-hydrogen) atoms. The van der Waals surface area contributed by atoms with Gasteiger partial charge in [0.15, 0.2) is 17.0 Å². The number of ether oxygens (including phenoxy) is 3. The van der Waals surface area contributed by atoms with Crippen molar-refractivity contribution in [1.29, 1.82) is 0 Å². The summed E-state index contributed by atoms with van der Waals surface area (Å²) in [5.41, 5.74) is -0.267. The summed E-state index contributed by atoms with van der Waals surface area (Å²) in [6.45, 7) is 1.39. The normalized spacial score (nSPS) is 22.5. The molecule has 1 aliphatic heterocycles. The lowest BCUT2D eigenvalue weighted by molar-refractivity contribution is -0.0548. The molecule has 0 amide bonds. The van der Waals surface area contributed by atoms with Gasteiger partial charge < -0.3 is 19.1 Å². The highest BCUT2D eigenvalue weighted by Gasteiger charge is 2.42. The Morgan fingerprint density at radius 1 is 1.62 bits per heavy atom. The molecule has 0 N–H and O–H groups in total. The van der Waals surface area contributed by atoms with Gasteiger partial charge in [-0.05, 0) is 31.9 Å². The Kier molecular flexibility index (Phi) is 6.25. The highest BCUT2D eigenvalue weighted by molar-refractivity contribution is 6.19. The fourth-order valence-electron chi connectivity index (χ4n) is 3.01. The average molecular weight is 420 g/mol. The highest BCUT2D eigenvalue weighted by atomic mass is 35.5. The van der Waals surface area contributed by atoms with Crippen LogP contribution in [-0.2, 0) is 14.2 Å². The molecular formula is C19H22ClN5O4. The zero-order valence-electron chi connectivity index (χ0n) is 16.4. The van der Waals surface area contributed by atoms with Gasteiger partial charge in [-0.25, -0.2) is 19.3 Å². The first-order valence-corrected chi connectivity index (χ1v) is 9.43. The predicted octanol–water partition coefficient (Wildman–Crippen LogP) is 2.91. The van der Waals surface area contributed by atoms with E-state index < -0.39 is 17.3 Å². The Balaban J connectivity index is 1.77. The lowest BCUT2D eigenvalue weighted by Gasteiger charge is -2.23. The van der Waals surface area contributed by atoms with Crippen LogP contribution in [0.2, 0.25) is 0 Å². The molecule has 154 valence electrons. The van der Waals surface area contributed by atoms with E-state index in [1.54, 1.807) is 10.9 Å². The molecule has 0 aromatic carbocycles. The van der Waals surface area contributed by atoms with Crippen molar-refractivity contribution in [2.24, 2.45) is 4.99 Å². The number of fused-ring (bicyclic) bond motifs is 1. The number of carbonyl (C=O) groups excluding carboxylic acids is 1. The number of aliphatic imine (C=N–C) groups is 1. The molecule has 0 radical (unpaired) electrons. The first kappa shape index (κ1) is 20.9. The quantitative estimate of drug-likeness (QED) is 0.234. The standard InChI is InChI=1S/C19H22ClN5O4/c1-5-19(10-27-18(26)28-13(2)20)9-8-16(29-19)14-6-7-15-17(22-12-24(3)4)21-11-23-25(14)15/h1,6-7,11-13,16H,8-10H2,2-4H3. The Hall–Kier alpha value is -2.83. The monoisotopic (exact) mass is 419 g/mol. The van der Waals surface area contributed by atoms with Crippen molar-refractivity contribution < 1.29 is 19.0 Å².